The molecule has 2 heterocycles. The number of nitrogens with zero attached hydrogens (tertiary/aromatic N) is 3. The van der Waals surface area contributed by atoms with Gasteiger partial charge in [-0.05, 0) is 39.4 Å². The smallest absolute Gasteiger partial charge is 0.148 e. The molecule has 1 fully saturated rings. The van der Waals surface area contributed by atoms with Gasteiger partial charge in [0.25, 0.3) is 0 Å². The average Bonchev–Trinajstić information content (AvgIpc) is 2.48. The average molecular weight is 208 g/mol. The van der Waals surface area contributed by atoms with E-state index in [1.165, 1.54) is 32.4 Å². The highest BCUT2D eigenvalue weighted by molar-refractivity contribution is 5.33. The third-order valence-corrected chi connectivity index (χ3v) is 3.02. The van der Waals surface area contributed by atoms with Crippen molar-refractivity contribution in [3.8, 4) is 0 Å². The summed E-state index contributed by atoms with van der Waals surface area (Å²) in [5.74, 6) is 1.01. The lowest BCUT2D eigenvalue weighted by molar-refractivity contribution is 0.348. The fourth-order valence-electron chi connectivity index (χ4n) is 2.09. The maximum atomic E-state index is 4.35. The van der Waals surface area contributed by atoms with Crippen LogP contribution in [-0.2, 0) is 7.05 Å². The van der Waals surface area contributed by atoms with E-state index in [0.717, 1.165) is 5.82 Å². The summed E-state index contributed by atoms with van der Waals surface area (Å²) in [6.07, 6.45) is 5.72. The number of rotatable bonds is 2. The van der Waals surface area contributed by atoms with Gasteiger partial charge in [-0.2, -0.15) is 5.10 Å². The van der Waals surface area contributed by atoms with Gasteiger partial charge in [0.05, 0.1) is 0 Å². The molecule has 1 aromatic heterocycles. The Kier molecular flexibility index (Phi) is 3.26. The number of hydrogen-bond acceptors (Lipinski definition) is 3. The number of aryl methyl sites for hydroxylation is 1. The number of aromatic nitrogens is 2. The fourth-order valence-corrected chi connectivity index (χ4v) is 2.09. The molecule has 1 aromatic rings. The summed E-state index contributed by atoms with van der Waals surface area (Å²) < 4.78 is 1.84. The molecule has 1 aliphatic rings. The minimum Gasteiger partial charge on any atom is -0.366 e. The molecule has 1 aliphatic heterocycles. The SMILES string of the molecule is CN1CCCC(Nc2ccn(C)n2)CC1. The summed E-state index contributed by atoms with van der Waals surface area (Å²) in [6.45, 7) is 2.41. The van der Waals surface area contributed by atoms with Gasteiger partial charge < -0.3 is 10.2 Å². The Labute approximate surface area is 91.3 Å². The van der Waals surface area contributed by atoms with Crippen molar-refractivity contribution in [1.29, 1.82) is 0 Å². The molecule has 0 radical (unpaired) electrons. The zero-order valence-corrected chi connectivity index (χ0v) is 9.61. The van der Waals surface area contributed by atoms with E-state index in [0.29, 0.717) is 6.04 Å². The van der Waals surface area contributed by atoms with Crippen LogP contribution in [0.2, 0.25) is 0 Å². The maximum Gasteiger partial charge on any atom is 0.148 e. The van der Waals surface area contributed by atoms with Gasteiger partial charge in [0.2, 0.25) is 0 Å². The Morgan fingerprint density at radius 3 is 2.93 bits per heavy atom. The van der Waals surface area contributed by atoms with Gasteiger partial charge in [0, 0.05) is 25.4 Å². The van der Waals surface area contributed by atoms with Crippen LogP contribution in [0.5, 0.6) is 0 Å². The third kappa shape index (κ3) is 2.96. The molecule has 1 saturated heterocycles. The lowest BCUT2D eigenvalue weighted by atomic mass is 10.1. The second-order valence-corrected chi connectivity index (χ2v) is 4.45. The Balaban J connectivity index is 1.88. The van der Waals surface area contributed by atoms with Crippen LogP contribution >= 0.6 is 0 Å². The normalized spacial score (nSPS) is 23.7. The molecule has 2 rings (SSSR count). The third-order valence-electron chi connectivity index (χ3n) is 3.02. The Morgan fingerprint density at radius 2 is 2.20 bits per heavy atom. The van der Waals surface area contributed by atoms with E-state index in [4.69, 9.17) is 0 Å². The van der Waals surface area contributed by atoms with Crippen LogP contribution < -0.4 is 5.32 Å². The lowest BCUT2D eigenvalue weighted by Crippen LogP contribution is -2.23. The quantitative estimate of drug-likeness (QED) is 0.795. The molecule has 0 amide bonds. The van der Waals surface area contributed by atoms with E-state index in [2.05, 4.69) is 22.4 Å². The molecule has 0 spiro atoms. The summed E-state index contributed by atoms with van der Waals surface area (Å²) in [5, 5.41) is 7.85. The number of likely N-dealkylation sites (tertiary alicyclic amines) is 1. The van der Waals surface area contributed by atoms with E-state index in [9.17, 15) is 0 Å². The van der Waals surface area contributed by atoms with Crippen LogP contribution in [0.4, 0.5) is 5.82 Å². The summed E-state index contributed by atoms with van der Waals surface area (Å²) in [7, 11) is 4.15. The van der Waals surface area contributed by atoms with Crippen LogP contribution in [0, 0.1) is 0 Å². The Hall–Kier alpha value is -1.03. The first-order valence-electron chi connectivity index (χ1n) is 5.69. The molecule has 1 unspecified atom stereocenters. The standard InChI is InChI=1S/C11H20N4/c1-14-7-3-4-10(5-8-14)12-11-6-9-15(2)13-11/h6,9-10H,3-5,7-8H2,1-2H3,(H,12,13). The molecule has 0 aliphatic carbocycles. The zero-order chi connectivity index (χ0) is 10.7. The van der Waals surface area contributed by atoms with Crippen LogP contribution in [0.3, 0.4) is 0 Å². The van der Waals surface area contributed by atoms with Gasteiger partial charge in [-0.3, -0.25) is 4.68 Å². The van der Waals surface area contributed by atoms with Gasteiger partial charge in [-0.1, -0.05) is 0 Å². The van der Waals surface area contributed by atoms with Crippen molar-refractivity contribution in [3.05, 3.63) is 12.3 Å². The van der Waals surface area contributed by atoms with Gasteiger partial charge >= 0.3 is 0 Å². The van der Waals surface area contributed by atoms with Crippen molar-refractivity contribution >= 4 is 5.82 Å². The van der Waals surface area contributed by atoms with Crippen molar-refractivity contribution in [2.24, 2.45) is 7.05 Å². The second kappa shape index (κ2) is 4.66. The molecular weight excluding hydrogens is 188 g/mol. The van der Waals surface area contributed by atoms with Gasteiger partial charge in [0.1, 0.15) is 5.82 Å². The summed E-state index contributed by atoms with van der Waals surface area (Å²) >= 11 is 0. The highest BCUT2D eigenvalue weighted by atomic mass is 15.3. The van der Waals surface area contributed by atoms with Crippen LogP contribution in [0.25, 0.3) is 0 Å². The molecule has 0 bridgehead atoms. The van der Waals surface area contributed by atoms with Crippen molar-refractivity contribution in [2.75, 3.05) is 25.5 Å². The predicted octanol–water partition coefficient (Wildman–Crippen LogP) is 1.32. The first-order chi connectivity index (χ1) is 7.24. The van der Waals surface area contributed by atoms with Crippen LogP contribution in [-0.4, -0.2) is 40.9 Å². The van der Waals surface area contributed by atoms with Gasteiger partial charge in [-0.25, -0.2) is 0 Å². The molecule has 15 heavy (non-hydrogen) atoms. The van der Waals surface area contributed by atoms with Gasteiger partial charge in [-0.15, -0.1) is 0 Å². The lowest BCUT2D eigenvalue weighted by Gasteiger charge is -2.16. The van der Waals surface area contributed by atoms with E-state index in [1.54, 1.807) is 0 Å². The van der Waals surface area contributed by atoms with Crippen molar-refractivity contribution in [1.82, 2.24) is 14.7 Å². The molecule has 4 heteroatoms. The molecule has 0 saturated carbocycles. The molecule has 1 atom stereocenters. The first kappa shape index (κ1) is 10.5. The van der Waals surface area contributed by atoms with Crippen molar-refractivity contribution in [2.45, 2.75) is 25.3 Å². The summed E-state index contributed by atoms with van der Waals surface area (Å²) in [6, 6.07) is 2.62. The van der Waals surface area contributed by atoms with Crippen molar-refractivity contribution < 1.29 is 0 Å². The van der Waals surface area contributed by atoms with E-state index < -0.39 is 0 Å². The summed E-state index contributed by atoms with van der Waals surface area (Å²) in [5.41, 5.74) is 0. The predicted molar refractivity (Wildman–Crippen MR) is 62.0 cm³/mol. The van der Waals surface area contributed by atoms with E-state index >= 15 is 0 Å². The molecule has 84 valence electrons. The monoisotopic (exact) mass is 208 g/mol. The Bertz CT molecular complexity index is 307. The summed E-state index contributed by atoms with van der Waals surface area (Å²) in [4.78, 5) is 2.40. The van der Waals surface area contributed by atoms with Crippen molar-refractivity contribution in [3.63, 3.8) is 0 Å². The highest BCUT2D eigenvalue weighted by Gasteiger charge is 2.14. The van der Waals surface area contributed by atoms with Gasteiger partial charge in [0.15, 0.2) is 0 Å². The highest BCUT2D eigenvalue weighted by Crippen LogP contribution is 2.14. The maximum absolute atomic E-state index is 4.35. The fraction of sp³-hybridized carbons (Fsp3) is 0.727. The molecular formula is C11H20N4. The largest absolute Gasteiger partial charge is 0.366 e. The zero-order valence-electron chi connectivity index (χ0n) is 9.61. The van der Waals surface area contributed by atoms with Crippen LogP contribution in [0.15, 0.2) is 12.3 Å². The molecule has 1 N–H and O–H groups in total. The number of hydrogen-bond donors (Lipinski definition) is 1. The molecule has 0 aromatic carbocycles. The van der Waals surface area contributed by atoms with Crippen LogP contribution in [0.1, 0.15) is 19.3 Å². The number of anilines is 1. The Morgan fingerprint density at radius 1 is 1.33 bits per heavy atom. The number of nitrogens with one attached hydrogen (secondary N) is 1. The van der Waals surface area contributed by atoms with E-state index in [-0.39, 0.29) is 0 Å². The topological polar surface area (TPSA) is 33.1 Å². The first-order valence-corrected chi connectivity index (χ1v) is 5.69. The second-order valence-electron chi connectivity index (χ2n) is 4.45. The van der Waals surface area contributed by atoms with E-state index in [1.807, 2.05) is 24.0 Å². The molecule has 4 nitrogen and oxygen atoms in total. The minimum atomic E-state index is 0.588. The minimum absolute atomic E-state index is 0.588.